The van der Waals surface area contributed by atoms with Crippen LogP contribution in [0.2, 0.25) is 0 Å². The fourth-order valence-electron chi connectivity index (χ4n) is 3.31. The molecular weight excluding hydrogens is 376 g/mol. The highest BCUT2D eigenvalue weighted by atomic mass is 18.2. The fraction of sp³-hybridized carbons (Fsp3) is 0.636. The lowest BCUT2D eigenvalue weighted by Crippen LogP contribution is -2.46. The van der Waals surface area contributed by atoms with E-state index in [1.54, 1.807) is 45.0 Å². The number of carbonyl (C=O) groups is 2. The number of hydrogen-bond acceptors (Lipinski definition) is 5. The van der Waals surface area contributed by atoms with E-state index >= 15 is 0 Å². The number of nitrogens with one attached hydrogen (secondary N) is 1. The van der Waals surface area contributed by atoms with Crippen LogP contribution < -0.4 is 10.1 Å². The predicted octanol–water partition coefficient (Wildman–Crippen LogP) is 4.16. The topological polar surface area (TPSA) is 73.9 Å². The molecule has 2 fully saturated rings. The summed E-state index contributed by atoms with van der Waals surface area (Å²) >= 11 is 0. The van der Waals surface area contributed by atoms with Crippen molar-refractivity contribution in [1.29, 1.82) is 0 Å². The summed E-state index contributed by atoms with van der Waals surface area (Å²) in [6.07, 6.45) is 3.90. The predicted molar refractivity (Wildman–Crippen MR) is 105 cm³/mol. The fourth-order valence-corrected chi connectivity index (χ4v) is 3.31. The van der Waals surface area contributed by atoms with E-state index in [-0.39, 0.29) is 12.5 Å². The molecule has 1 aromatic carbocycles. The Kier molecular flexibility index (Phi) is 6.65. The summed E-state index contributed by atoms with van der Waals surface area (Å²) < 4.78 is 28.2. The van der Waals surface area contributed by atoms with E-state index in [1.165, 1.54) is 0 Å². The lowest BCUT2D eigenvalue weighted by atomic mass is 10.1. The molecule has 3 rings (SSSR count). The largest absolute Gasteiger partial charge is 0.463 e. The molecule has 7 heteroatoms. The van der Waals surface area contributed by atoms with Crippen LogP contribution in [0.3, 0.4) is 0 Å². The first kappa shape index (κ1) is 21.4. The second-order valence-corrected chi connectivity index (χ2v) is 8.88. The maximum atomic E-state index is 12.9. The number of alkyl halides is 1. The number of rotatable bonds is 9. The van der Waals surface area contributed by atoms with Gasteiger partial charge in [-0.3, -0.25) is 0 Å². The second-order valence-electron chi connectivity index (χ2n) is 8.88. The third kappa shape index (κ3) is 6.91. The summed E-state index contributed by atoms with van der Waals surface area (Å²) in [5.41, 5.74) is 0.123. The van der Waals surface area contributed by atoms with E-state index in [2.05, 4.69) is 5.32 Å². The van der Waals surface area contributed by atoms with Gasteiger partial charge in [0.2, 0.25) is 6.86 Å². The quantitative estimate of drug-likeness (QED) is 0.624. The van der Waals surface area contributed by atoms with Gasteiger partial charge in [-0.1, -0.05) is 12.1 Å². The number of hydrogen-bond donors (Lipinski definition) is 1. The number of amides is 1. The van der Waals surface area contributed by atoms with E-state index < -0.39 is 30.6 Å². The molecule has 1 amide bonds. The minimum Gasteiger partial charge on any atom is -0.463 e. The van der Waals surface area contributed by atoms with Crippen LogP contribution in [0.5, 0.6) is 5.75 Å². The Morgan fingerprint density at radius 1 is 1.10 bits per heavy atom. The van der Waals surface area contributed by atoms with Crippen molar-refractivity contribution in [2.75, 3.05) is 6.86 Å². The van der Waals surface area contributed by atoms with Crippen LogP contribution in [0.25, 0.3) is 0 Å². The average molecular weight is 406 g/mol. The molecule has 0 aliphatic heterocycles. The van der Waals surface area contributed by atoms with E-state index in [4.69, 9.17) is 14.2 Å². The smallest absolute Gasteiger partial charge is 0.408 e. The Hall–Kier alpha value is -2.31. The van der Waals surface area contributed by atoms with Crippen molar-refractivity contribution in [1.82, 2.24) is 5.32 Å². The Morgan fingerprint density at radius 3 is 2.17 bits per heavy atom. The van der Waals surface area contributed by atoms with Crippen molar-refractivity contribution < 1.29 is 28.2 Å². The van der Waals surface area contributed by atoms with Gasteiger partial charge in [-0.05, 0) is 76.0 Å². The first-order valence-corrected chi connectivity index (χ1v) is 10.2. The summed E-state index contributed by atoms with van der Waals surface area (Å²) in [5, 5.41) is 2.66. The molecule has 0 saturated heterocycles. The molecule has 160 valence electrons. The number of esters is 1. The van der Waals surface area contributed by atoms with Crippen LogP contribution in [0.1, 0.15) is 52.0 Å². The lowest BCUT2D eigenvalue weighted by molar-refractivity contribution is -0.154. The first-order chi connectivity index (χ1) is 13.7. The zero-order chi connectivity index (χ0) is 21.0. The van der Waals surface area contributed by atoms with Gasteiger partial charge in [0.25, 0.3) is 0 Å². The van der Waals surface area contributed by atoms with Gasteiger partial charge in [0.15, 0.2) is 0 Å². The molecule has 1 aromatic rings. The maximum Gasteiger partial charge on any atom is 0.408 e. The molecule has 0 unspecified atom stereocenters. The van der Waals surface area contributed by atoms with Crippen LogP contribution >= 0.6 is 0 Å². The molecule has 0 bridgehead atoms. The van der Waals surface area contributed by atoms with Crippen molar-refractivity contribution in [3.63, 3.8) is 0 Å². The van der Waals surface area contributed by atoms with Crippen LogP contribution in [-0.2, 0) is 20.7 Å². The number of alkyl carbamates (subject to hydrolysis) is 1. The van der Waals surface area contributed by atoms with Gasteiger partial charge in [0, 0.05) is 6.42 Å². The third-order valence-corrected chi connectivity index (χ3v) is 4.99. The first-order valence-electron chi connectivity index (χ1n) is 10.2. The van der Waals surface area contributed by atoms with Crippen molar-refractivity contribution in [3.05, 3.63) is 29.8 Å². The molecule has 6 nitrogen and oxygen atoms in total. The lowest BCUT2D eigenvalue weighted by Gasteiger charge is -2.25. The molecular formula is C22H30FNO5. The molecule has 1 N–H and O–H groups in total. The molecule has 0 spiro atoms. The van der Waals surface area contributed by atoms with Crippen LogP contribution in [0.4, 0.5) is 9.18 Å². The molecule has 0 heterocycles. The third-order valence-electron chi connectivity index (χ3n) is 4.99. The monoisotopic (exact) mass is 406 g/mol. The SMILES string of the molecule is CC(C)(C)OC(=O)N[C@@H](Cc1ccc(OC[18F])cc1)C(=O)OC(C1CC1)C1CC1. The summed E-state index contributed by atoms with van der Waals surface area (Å²) in [5.74, 6) is 0.860. The number of benzene rings is 1. The van der Waals surface area contributed by atoms with Gasteiger partial charge in [0.1, 0.15) is 23.5 Å². The van der Waals surface area contributed by atoms with E-state index in [9.17, 15) is 14.0 Å². The number of halogens is 1. The zero-order valence-corrected chi connectivity index (χ0v) is 17.3. The minimum absolute atomic E-state index is 0.0502. The van der Waals surface area contributed by atoms with Crippen molar-refractivity contribution in [2.45, 2.75) is 70.6 Å². The summed E-state index contributed by atoms with van der Waals surface area (Å²) in [7, 11) is 0. The summed E-state index contributed by atoms with van der Waals surface area (Å²) in [4.78, 5) is 25.2. The van der Waals surface area contributed by atoms with E-state index in [1.807, 2.05) is 0 Å². The molecule has 2 aliphatic carbocycles. The molecule has 1 atom stereocenters. The van der Waals surface area contributed by atoms with Gasteiger partial charge < -0.3 is 19.5 Å². The normalized spacial score (nSPS) is 17.6. The highest BCUT2D eigenvalue weighted by Gasteiger charge is 2.45. The Balaban J connectivity index is 1.67. The summed E-state index contributed by atoms with van der Waals surface area (Å²) in [6, 6.07) is 5.87. The van der Waals surface area contributed by atoms with Gasteiger partial charge >= 0.3 is 12.1 Å². The Bertz CT molecular complexity index is 695. The molecule has 2 aliphatic rings. The average Bonchev–Trinajstić information content (AvgIpc) is 3.53. The van der Waals surface area contributed by atoms with Crippen LogP contribution in [0, 0.1) is 11.8 Å². The number of carbonyl (C=O) groups excluding carboxylic acids is 2. The maximum absolute atomic E-state index is 12.9. The van der Waals surface area contributed by atoms with Crippen molar-refractivity contribution >= 4 is 12.1 Å². The van der Waals surface area contributed by atoms with E-state index in [0.29, 0.717) is 17.6 Å². The van der Waals surface area contributed by atoms with Gasteiger partial charge in [0.05, 0.1) is 0 Å². The molecule has 2 saturated carbocycles. The Labute approximate surface area is 171 Å². The molecule has 0 aromatic heterocycles. The van der Waals surface area contributed by atoms with Crippen LogP contribution in [0.15, 0.2) is 24.3 Å². The second kappa shape index (κ2) is 9.01. The molecule has 0 radical (unpaired) electrons. The summed E-state index contributed by atoms with van der Waals surface area (Å²) in [6.45, 7) is 4.39. The Morgan fingerprint density at radius 2 is 1.69 bits per heavy atom. The van der Waals surface area contributed by atoms with Gasteiger partial charge in [-0.2, -0.15) is 0 Å². The van der Waals surface area contributed by atoms with Crippen molar-refractivity contribution in [3.8, 4) is 5.75 Å². The standard InChI is InChI=1S/C22H30FNO5/c1-22(2,3)29-21(26)24-18(12-14-4-10-17(11-5-14)27-13-23)20(25)28-19(15-6-7-15)16-8-9-16/h4-5,10-11,15-16,18-19H,6-9,12-13H2,1-3H3,(H,24,26)/t18-/m0/s1/i23-1. The molecule has 29 heavy (non-hydrogen) atoms. The van der Waals surface area contributed by atoms with Crippen LogP contribution in [-0.4, -0.2) is 36.7 Å². The highest BCUT2D eigenvalue weighted by Crippen LogP contribution is 2.46. The number of ether oxygens (including phenoxy) is 3. The van der Waals surface area contributed by atoms with Gasteiger partial charge in [-0.15, -0.1) is 0 Å². The van der Waals surface area contributed by atoms with Crippen molar-refractivity contribution in [2.24, 2.45) is 11.8 Å². The highest BCUT2D eigenvalue weighted by molar-refractivity contribution is 5.82. The minimum atomic E-state index is -0.905. The van der Waals surface area contributed by atoms with Gasteiger partial charge in [-0.25, -0.2) is 14.0 Å². The van der Waals surface area contributed by atoms with E-state index in [0.717, 1.165) is 31.2 Å². The zero-order valence-electron chi connectivity index (χ0n) is 17.3.